The van der Waals surface area contributed by atoms with Crippen LogP contribution in [-0.2, 0) is 11.3 Å². The van der Waals surface area contributed by atoms with Gasteiger partial charge in [-0.15, -0.1) is 11.3 Å². The number of carbonyl (C=O) groups excluding carboxylic acids is 1. The van der Waals surface area contributed by atoms with Crippen LogP contribution >= 0.6 is 22.9 Å². The van der Waals surface area contributed by atoms with Gasteiger partial charge in [0.15, 0.2) is 0 Å². The van der Waals surface area contributed by atoms with Gasteiger partial charge in [-0.25, -0.2) is 4.98 Å². The molecule has 0 fully saturated rings. The summed E-state index contributed by atoms with van der Waals surface area (Å²) in [6, 6.07) is 8.98. The van der Waals surface area contributed by atoms with Gasteiger partial charge in [0.25, 0.3) is 5.56 Å². The van der Waals surface area contributed by atoms with Crippen LogP contribution in [0.4, 0.5) is 0 Å². The number of aromatic amines is 1. The molecule has 0 radical (unpaired) electrons. The van der Waals surface area contributed by atoms with Crippen LogP contribution in [0.25, 0.3) is 16.3 Å². The van der Waals surface area contributed by atoms with E-state index in [-0.39, 0.29) is 18.0 Å². The van der Waals surface area contributed by atoms with Crippen molar-refractivity contribution in [1.82, 2.24) is 14.9 Å². The summed E-state index contributed by atoms with van der Waals surface area (Å²) in [6.07, 6.45) is 3.19. The van der Waals surface area contributed by atoms with Crippen molar-refractivity contribution in [3.63, 3.8) is 0 Å². The van der Waals surface area contributed by atoms with E-state index in [1.54, 1.807) is 31.3 Å². The van der Waals surface area contributed by atoms with Crippen LogP contribution in [-0.4, -0.2) is 27.8 Å². The van der Waals surface area contributed by atoms with Gasteiger partial charge in [0.1, 0.15) is 10.5 Å². The lowest BCUT2D eigenvalue weighted by Gasteiger charge is -2.14. The SMILES string of the molecule is CN(Cc1nc2ccsc2c(=O)[nH]1)C(=O)C=Cc1ccc(Cl)cc1. The lowest BCUT2D eigenvalue weighted by atomic mass is 10.2. The third kappa shape index (κ3) is 3.72. The van der Waals surface area contributed by atoms with E-state index in [0.29, 0.717) is 21.1 Å². The van der Waals surface area contributed by atoms with Crippen LogP contribution in [0.3, 0.4) is 0 Å². The summed E-state index contributed by atoms with van der Waals surface area (Å²) in [5, 5.41) is 2.47. The third-order valence-corrected chi connectivity index (χ3v) is 4.57. The molecule has 1 amide bonds. The van der Waals surface area contributed by atoms with Crippen molar-refractivity contribution < 1.29 is 4.79 Å². The van der Waals surface area contributed by atoms with Crippen molar-refractivity contribution in [3.05, 3.63) is 68.6 Å². The highest BCUT2D eigenvalue weighted by atomic mass is 35.5. The Kier molecular flexibility index (Phi) is 4.78. The van der Waals surface area contributed by atoms with E-state index in [0.717, 1.165) is 5.56 Å². The minimum atomic E-state index is -0.182. The number of thiophene rings is 1. The Morgan fingerprint density at radius 1 is 1.33 bits per heavy atom. The first-order valence-corrected chi connectivity index (χ1v) is 8.44. The van der Waals surface area contributed by atoms with Crippen molar-refractivity contribution in [2.75, 3.05) is 7.05 Å². The van der Waals surface area contributed by atoms with Gasteiger partial charge in [0, 0.05) is 18.1 Å². The summed E-state index contributed by atoms with van der Waals surface area (Å²) in [6.45, 7) is 0.227. The molecule has 0 saturated heterocycles. The Labute approximate surface area is 147 Å². The highest BCUT2D eigenvalue weighted by Gasteiger charge is 2.10. The van der Waals surface area contributed by atoms with Crippen LogP contribution in [0.1, 0.15) is 11.4 Å². The molecule has 0 aliphatic carbocycles. The van der Waals surface area contributed by atoms with Gasteiger partial charge in [-0.2, -0.15) is 0 Å². The molecule has 1 N–H and O–H groups in total. The molecular weight excluding hydrogens is 346 g/mol. The summed E-state index contributed by atoms with van der Waals surface area (Å²) < 4.78 is 0.593. The largest absolute Gasteiger partial charge is 0.335 e. The van der Waals surface area contributed by atoms with Crippen LogP contribution in [0.15, 0.2) is 46.6 Å². The molecule has 0 saturated carbocycles. The first kappa shape index (κ1) is 16.4. The number of rotatable bonds is 4. The Bertz CT molecular complexity index is 960. The first-order chi connectivity index (χ1) is 11.5. The lowest BCUT2D eigenvalue weighted by Crippen LogP contribution is -2.26. The first-order valence-electron chi connectivity index (χ1n) is 7.18. The summed E-state index contributed by atoms with van der Waals surface area (Å²) in [5.41, 5.74) is 1.35. The second-order valence-corrected chi connectivity index (χ2v) is 6.58. The summed E-state index contributed by atoms with van der Waals surface area (Å²) >= 11 is 7.17. The number of hydrogen-bond acceptors (Lipinski definition) is 4. The Balaban J connectivity index is 1.70. The number of carbonyl (C=O) groups is 1. The van der Waals surface area contributed by atoms with Crippen molar-refractivity contribution in [1.29, 1.82) is 0 Å². The number of H-pyrrole nitrogens is 1. The number of likely N-dealkylation sites (N-methyl/N-ethyl adjacent to an activating group) is 1. The zero-order chi connectivity index (χ0) is 17.1. The fraction of sp³-hybridized carbons (Fsp3) is 0.118. The van der Waals surface area contributed by atoms with E-state index in [1.165, 1.54) is 22.3 Å². The van der Waals surface area contributed by atoms with Crippen molar-refractivity contribution in [3.8, 4) is 0 Å². The van der Waals surface area contributed by atoms with Gasteiger partial charge in [0.2, 0.25) is 5.91 Å². The fourth-order valence-corrected chi connectivity index (χ4v) is 3.02. The standard InChI is InChI=1S/C17H14ClN3O2S/c1-21(15(22)7-4-11-2-5-12(18)6-3-11)10-14-19-13-8-9-24-16(13)17(23)20-14/h2-9H,10H2,1H3,(H,19,20,23). The van der Waals surface area contributed by atoms with Crippen LogP contribution < -0.4 is 5.56 Å². The molecule has 5 nitrogen and oxygen atoms in total. The van der Waals surface area contributed by atoms with E-state index >= 15 is 0 Å². The topological polar surface area (TPSA) is 66.1 Å². The van der Waals surface area contributed by atoms with Crippen LogP contribution in [0.5, 0.6) is 0 Å². The predicted octanol–water partition coefficient (Wildman–Crippen LogP) is 3.31. The van der Waals surface area contributed by atoms with E-state index in [9.17, 15) is 9.59 Å². The molecule has 0 atom stereocenters. The lowest BCUT2D eigenvalue weighted by molar-refractivity contribution is -0.125. The highest BCUT2D eigenvalue weighted by Crippen LogP contribution is 2.14. The molecule has 0 aliphatic heterocycles. The maximum absolute atomic E-state index is 12.2. The van der Waals surface area contributed by atoms with Gasteiger partial charge >= 0.3 is 0 Å². The molecule has 24 heavy (non-hydrogen) atoms. The number of hydrogen-bond donors (Lipinski definition) is 1. The number of amides is 1. The molecule has 3 rings (SSSR count). The second kappa shape index (κ2) is 6.98. The number of nitrogens with one attached hydrogen (secondary N) is 1. The molecule has 7 heteroatoms. The third-order valence-electron chi connectivity index (χ3n) is 3.42. The summed E-state index contributed by atoms with van der Waals surface area (Å²) in [7, 11) is 1.66. The van der Waals surface area contributed by atoms with Gasteiger partial charge in [-0.3, -0.25) is 9.59 Å². The molecule has 2 aromatic heterocycles. The zero-order valence-electron chi connectivity index (χ0n) is 12.8. The number of halogens is 1. The van der Waals surface area contributed by atoms with Crippen molar-refractivity contribution >= 4 is 45.1 Å². The van der Waals surface area contributed by atoms with Gasteiger partial charge < -0.3 is 9.88 Å². The van der Waals surface area contributed by atoms with Gasteiger partial charge in [-0.05, 0) is 35.2 Å². The Hall–Kier alpha value is -2.44. The van der Waals surface area contributed by atoms with Gasteiger partial charge in [0.05, 0.1) is 12.1 Å². The molecule has 0 unspecified atom stereocenters. The predicted molar refractivity (Wildman–Crippen MR) is 97.2 cm³/mol. The van der Waals surface area contributed by atoms with Gasteiger partial charge in [-0.1, -0.05) is 23.7 Å². The zero-order valence-corrected chi connectivity index (χ0v) is 14.4. The molecule has 1 aromatic carbocycles. The maximum Gasteiger partial charge on any atom is 0.268 e. The quantitative estimate of drug-likeness (QED) is 0.727. The summed E-state index contributed by atoms with van der Waals surface area (Å²) in [4.78, 5) is 32.7. The smallest absolute Gasteiger partial charge is 0.268 e. The Morgan fingerprint density at radius 2 is 2.08 bits per heavy atom. The van der Waals surface area contributed by atoms with E-state index in [1.807, 2.05) is 17.5 Å². The molecule has 122 valence electrons. The van der Waals surface area contributed by atoms with E-state index < -0.39 is 0 Å². The number of fused-ring (bicyclic) bond motifs is 1. The van der Waals surface area contributed by atoms with Crippen molar-refractivity contribution in [2.24, 2.45) is 0 Å². The highest BCUT2D eigenvalue weighted by molar-refractivity contribution is 7.17. The minimum Gasteiger partial charge on any atom is -0.335 e. The number of nitrogens with zero attached hydrogens (tertiary/aromatic N) is 2. The average molecular weight is 360 g/mol. The number of aromatic nitrogens is 2. The van der Waals surface area contributed by atoms with Crippen LogP contribution in [0.2, 0.25) is 5.02 Å². The maximum atomic E-state index is 12.2. The molecular formula is C17H14ClN3O2S. The minimum absolute atomic E-state index is 0.178. The van der Waals surface area contributed by atoms with E-state index in [4.69, 9.17) is 11.6 Å². The second-order valence-electron chi connectivity index (χ2n) is 5.23. The summed E-state index contributed by atoms with van der Waals surface area (Å²) in [5.74, 6) is 0.277. The molecule has 0 spiro atoms. The Morgan fingerprint density at radius 3 is 2.83 bits per heavy atom. The average Bonchev–Trinajstić information content (AvgIpc) is 3.03. The molecule has 2 heterocycles. The van der Waals surface area contributed by atoms with E-state index in [2.05, 4.69) is 9.97 Å². The molecule has 0 bridgehead atoms. The monoisotopic (exact) mass is 359 g/mol. The molecule has 0 aliphatic rings. The van der Waals surface area contributed by atoms with Crippen molar-refractivity contribution in [2.45, 2.75) is 6.54 Å². The number of benzene rings is 1. The fourth-order valence-electron chi connectivity index (χ4n) is 2.17. The van der Waals surface area contributed by atoms with Crippen LogP contribution in [0, 0.1) is 0 Å². The molecule has 3 aromatic rings. The normalized spacial score (nSPS) is 11.2.